The zero-order chi connectivity index (χ0) is 12.5. The summed E-state index contributed by atoms with van der Waals surface area (Å²) in [6.07, 6.45) is 0.868. The van der Waals surface area contributed by atoms with E-state index in [1.807, 2.05) is 0 Å². The quantitative estimate of drug-likeness (QED) is 0.458. The van der Waals surface area contributed by atoms with Crippen LogP contribution in [0.1, 0.15) is 12.0 Å². The van der Waals surface area contributed by atoms with Crippen LogP contribution in [0.4, 0.5) is 0 Å². The van der Waals surface area contributed by atoms with Crippen LogP contribution in [-0.4, -0.2) is 26.0 Å². The van der Waals surface area contributed by atoms with Gasteiger partial charge in [-0.3, -0.25) is 4.79 Å². The van der Waals surface area contributed by atoms with Crippen molar-refractivity contribution in [2.45, 2.75) is 11.8 Å². The Hall–Kier alpha value is -1.55. The third-order valence-corrected chi connectivity index (χ3v) is 3.16. The van der Waals surface area contributed by atoms with Crippen LogP contribution in [-0.2, 0) is 19.7 Å². The van der Waals surface area contributed by atoms with Crippen molar-refractivity contribution in [2.75, 3.05) is 13.7 Å². The summed E-state index contributed by atoms with van der Waals surface area (Å²) < 4.78 is 10.1. The Labute approximate surface area is 103 Å². The van der Waals surface area contributed by atoms with Gasteiger partial charge in [0.05, 0.1) is 13.7 Å². The summed E-state index contributed by atoms with van der Waals surface area (Å²) in [4.78, 5) is 23.2. The zero-order valence-electron chi connectivity index (χ0n) is 9.23. The number of carbonyl (C=O) groups is 2. The number of esters is 1. The molecule has 4 nitrogen and oxygen atoms in total. The van der Waals surface area contributed by atoms with Gasteiger partial charge < -0.3 is 14.3 Å². The molecule has 1 aliphatic rings. The topological polar surface area (TPSA) is 52.6 Å². The molecule has 17 heavy (non-hydrogen) atoms. The molecule has 2 rings (SSSR count). The highest BCUT2D eigenvalue weighted by Gasteiger charge is 2.46. The molecule has 0 saturated carbocycles. The second kappa shape index (κ2) is 4.37. The molecule has 1 atom stereocenters. The first-order valence-corrected chi connectivity index (χ1v) is 5.49. The number of ether oxygens (including phenoxy) is 2. The van der Waals surface area contributed by atoms with Gasteiger partial charge in [-0.25, -0.2) is 0 Å². The van der Waals surface area contributed by atoms with Crippen molar-refractivity contribution in [3.63, 3.8) is 0 Å². The molecule has 0 saturated heterocycles. The molecule has 1 aromatic carbocycles. The Bertz CT molecular complexity index is 472. The van der Waals surface area contributed by atoms with Crippen molar-refractivity contribution in [1.82, 2.24) is 0 Å². The summed E-state index contributed by atoms with van der Waals surface area (Å²) in [5, 5.41) is 0.448. The maximum absolute atomic E-state index is 11.8. The van der Waals surface area contributed by atoms with Crippen LogP contribution < -0.4 is 4.74 Å². The van der Waals surface area contributed by atoms with E-state index in [9.17, 15) is 9.59 Å². The average Bonchev–Trinajstić information content (AvgIpc) is 2.37. The second-order valence-electron chi connectivity index (χ2n) is 3.82. The molecule has 1 heterocycles. The summed E-state index contributed by atoms with van der Waals surface area (Å²) in [5.74, 6) is -0.0857. The summed E-state index contributed by atoms with van der Waals surface area (Å²) in [6.45, 7) is 0.294. The predicted octanol–water partition coefficient (Wildman–Crippen LogP) is 1.73. The van der Waals surface area contributed by atoms with Crippen molar-refractivity contribution >= 4 is 23.9 Å². The van der Waals surface area contributed by atoms with Crippen molar-refractivity contribution in [3.05, 3.63) is 28.8 Å². The maximum atomic E-state index is 11.8. The molecule has 1 unspecified atom stereocenters. The van der Waals surface area contributed by atoms with Crippen LogP contribution in [0.15, 0.2) is 18.2 Å². The van der Waals surface area contributed by atoms with Gasteiger partial charge in [0.25, 0.3) is 0 Å². The van der Waals surface area contributed by atoms with E-state index in [0.717, 1.165) is 0 Å². The molecule has 1 aromatic rings. The first-order valence-electron chi connectivity index (χ1n) is 5.11. The van der Waals surface area contributed by atoms with Crippen molar-refractivity contribution < 1.29 is 19.1 Å². The Balaban J connectivity index is 2.62. The van der Waals surface area contributed by atoms with Crippen LogP contribution in [0, 0.1) is 0 Å². The van der Waals surface area contributed by atoms with E-state index in [-0.39, 0.29) is 6.42 Å². The average molecular weight is 255 g/mol. The lowest BCUT2D eigenvalue weighted by molar-refractivity contribution is -0.150. The van der Waals surface area contributed by atoms with E-state index in [4.69, 9.17) is 21.1 Å². The number of aldehydes is 1. The number of halogens is 1. The summed E-state index contributed by atoms with van der Waals surface area (Å²) in [6, 6.07) is 4.87. The molecule has 0 aromatic heterocycles. The van der Waals surface area contributed by atoms with Crippen molar-refractivity contribution in [1.29, 1.82) is 0 Å². The van der Waals surface area contributed by atoms with Crippen molar-refractivity contribution in [3.8, 4) is 5.75 Å². The Morgan fingerprint density at radius 1 is 1.59 bits per heavy atom. The van der Waals surface area contributed by atoms with E-state index in [1.165, 1.54) is 7.11 Å². The molecular weight excluding hydrogens is 244 g/mol. The molecule has 0 aliphatic carbocycles. The number of methoxy groups -OCH3 is 1. The summed E-state index contributed by atoms with van der Waals surface area (Å²) in [7, 11) is 1.26. The molecule has 5 heteroatoms. The van der Waals surface area contributed by atoms with Gasteiger partial charge in [-0.2, -0.15) is 0 Å². The summed E-state index contributed by atoms with van der Waals surface area (Å²) >= 11 is 5.89. The molecule has 0 radical (unpaired) electrons. The highest BCUT2D eigenvalue weighted by molar-refractivity contribution is 6.30. The number of fused-ring (bicyclic) bond motifs is 1. The lowest BCUT2D eigenvalue weighted by Gasteiger charge is -2.31. The largest absolute Gasteiger partial charge is 0.493 e. The SMILES string of the molecule is COC(=O)C1(C=O)CCOc2ccc(Cl)cc21. The molecule has 0 amide bonds. The van der Waals surface area contributed by atoms with Crippen LogP contribution in [0.2, 0.25) is 5.02 Å². The molecule has 0 bridgehead atoms. The Morgan fingerprint density at radius 2 is 2.35 bits per heavy atom. The minimum Gasteiger partial charge on any atom is -0.493 e. The number of hydrogen-bond donors (Lipinski definition) is 0. The lowest BCUT2D eigenvalue weighted by Crippen LogP contribution is -2.42. The van der Waals surface area contributed by atoms with Crippen LogP contribution in [0.25, 0.3) is 0 Å². The van der Waals surface area contributed by atoms with Gasteiger partial charge in [0.15, 0.2) is 5.41 Å². The van der Waals surface area contributed by atoms with Gasteiger partial charge in [0.2, 0.25) is 0 Å². The Morgan fingerprint density at radius 3 is 3.00 bits per heavy atom. The van der Waals surface area contributed by atoms with E-state index < -0.39 is 11.4 Å². The standard InChI is InChI=1S/C12H11ClO4/c1-16-11(15)12(7-14)4-5-17-10-3-2-8(13)6-9(10)12/h2-3,6-7H,4-5H2,1H3. The van der Waals surface area contributed by atoms with Gasteiger partial charge in [0, 0.05) is 17.0 Å². The molecular formula is C12H11ClO4. The monoisotopic (exact) mass is 254 g/mol. The van der Waals surface area contributed by atoms with Crippen LogP contribution in [0.5, 0.6) is 5.75 Å². The van der Waals surface area contributed by atoms with Gasteiger partial charge in [-0.1, -0.05) is 11.6 Å². The molecule has 0 N–H and O–H groups in total. The maximum Gasteiger partial charge on any atom is 0.323 e. The fourth-order valence-electron chi connectivity index (χ4n) is 2.00. The number of rotatable bonds is 2. The molecule has 90 valence electrons. The fourth-order valence-corrected chi connectivity index (χ4v) is 2.17. The predicted molar refractivity (Wildman–Crippen MR) is 61.3 cm³/mol. The van der Waals surface area contributed by atoms with E-state index in [0.29, 0.717) is 29.2 Å². The van der Waals surface area contributed by atoms with E-state index in [1.54, 1.807) is 18.2 Å². The zero-order valence-corrected chi connectivity index (χ0v) is 9.99. The molecule has 0 spiro atoms. The first-order chi connectivity index (χ1) is 8.14. The smallest absolute Gasteiger partial charge is 0.323 e. The number of hydrogen-bond acceptors (Lipinski definition) is 4. The lowest BCUT2D eigenvalue weighted by atomic mass is 9.77. The third kappa shape index (κ3) is 1.78. The number of benzene rings is 1. The van der Waals surface area contributed by atoms with Crippen molar-refractivity contribution in [2.24, 2.45) is 0 Å². The second-order valence-corrected chi connectivity index (χ2v) is 4.26. The number of carbonyl (C=O) groups excluding carboxylic acids is 2. The first kappa shape index (κ1) is 11.9. The third-order valence-electron chi connectivity index (χ3n) is 2.93. The van der Waals surface area contributed by atoms with Crippen LogP contribution in [0.3, 0.4) is 0 Å². The minimum atomic E-state index is -1.30. The van der Waals surface area contributed by atoms with Crippen LogP contribution >= 0.6 is 11.6 Å². The highest BCUT2D eigenvalue weighted by atomic mass is 35.5. The fraction of sp³-hybridized carbons (Fsp3) is 0.333. The molecule has 1 aliphatic heterocycles. The Kier molecular flexibility index (Phi) is 3.07. The minimum absolute atomic E-state index is 0.260. The normalized spacial score (nSPS) is 22.2. The van der Waals surface area contributed by atoms with Gasteiger partial charge in [-0.15, -0.1) is 0 Å². The summed E-state index contributed by atoms with van der Waals surface area (Å²) in [5.41, 5.74) is -0.828. The van der Waals surface area contributed by atoms with Gasteiger partial charge in [0.1, 0.15) is 12.0 Å². The molecule has 0 fully saturated rings. The highest BCUT2D eigenvalue weighted by Crippen LogP contribution is 2.39. The van der Waals surface area contributed by atoms with Gasteiger partial charge >= 0.3 is 5.97 Å². The van der Waals surface area contributed by atoms with Gasteiger partial charge in [-0.05, 0) is 18.2 Å². The van der Waals surface area contributed by atoms with E-state index >= 15 is 0 Å². The van der Waals surface area contributed by atoms with E-state index in [2.05, 4.69) is 0 Å².